The molecule has 1 rings (SSSR count). The highest BCUT2D eigenvalue weighted by Gasteiger charge is 2.06. The second-order valence-electron chi connectivity index (χ2n) is 2.70. The highest BCUT2D eigenvalue weighted by Crippen LogP contribution is 2.02. The Kier molecular flexibility index (Phi) is 4.89. The van der Waals surface area contributed by atoms with E-state index < -0.39 is 5.97 Å². The molecule has 1 aromatic heterocycles. The maximum atomic E-state index is 11.0. The molecule has 0 aromatic carbocycles. The number of hydrogen-bond acceptors (Lipinski definition) is 6. The van der Waals surface area contributed by atoms with E-state index in [2.05, 4.69) is 20.0 Å². The second kappa shape index (κ2) is 6.23. The van der Waals surface area contributed by atoms with Gasteiger partial charge in [0, 0.05) is 12.3 Å². The number of hydrogen-bond donors (Lipinski definition) is 1. The molecule has 15 heavy (non-hydrogen) atoms. The summed E-state index contributed by atoms with van der Waals surface area (Å²) < 4.78 is 4.51. The van der Waals surface area contributed by atoms with E-state index in [9.17, 15) is 4.79 Å². The lowest BCUT2D eigenvalue weighted by molar-refractivity contribution is 0.0593. The van der Waals surface area contributed by atoms with Crippen molar-refractivity contribution in [2.75, 3.05) is 31.0 Å². The van der Waals surface area contributed by atoms with Crippen LogP contribution < -0.4 is 5.32 Å². The molecule has 5 nitrogen and oxygen atoms in total. The average molecular weight is 227 g/mol. The Labute approximate surface area is 92.6 Å². The number of esters is 1. The van der Waals surface area contributed by atoms with Crippen molar-refractivity contribution in [1.29, 1.82) is 0 Å². The fourth-order valence-electron chi connectivity index (χ4n) is 0.910. The third kappa shape index (κ3) is 3.75. The zero-order valence-corrected chi connectivity index (χ0v) is 9.50. The number of nitrogens with one attached hydrogen (secondary N) is 1. The Morgan fingerprint density at radius 1 is 1.53 bits per heavy atom. The van der Waals surface area contributed by atoms with E-state index in [0.29, 0.717) is 5.82 Å². The topological polar surface area (TPSA) is 64.1 Å². The molecule has 0 radical (unpaired) electrons. The molecule has 0 atom stereocenters. The molecule has 1 N–H and O–H groups in total. The monoisotopic (exact) mass is 227 g/mol. The minimum absolute atomic E-state index is 0.216. The highest BCUT2D eigenvalue weighted by atomic mass is 32.2. The first-order chi connectivity index (χ1) is 7.27. The molecule has 0 spiro atoms. The maximum Gasteiger partial charge on any atom is 0.358 e. The number of methoxy groups -OCH3 is 1. The van der Waals surface area contributed by atoms with Gasteiger partial charge in [-0.1, -0.05) is 0 Å². The van der Waals surface area contributed by atoms with Crippen molar-refractivity contribution in [3.63, 3.8) is 0 Å². The summed E-state index contributed by atoms with van der Waals surface area (Å²) in [5.41, 5.74) is 0.216. The van der Waals surface area contributed by atoms with Gasteiger partial charge in [0.25, 0.3) is 0 Å². The van der Waals surface area contributed by atoms with Crippen LogP contribution in [0.1, 0.15) is 10.5 Å². The molecular weight excluding hydrogens is 214 g/mol. The van der Waals surface area contributed by atoms with E-state index in [1.165, 1.54) is 19.5 Å². The van der Waals surface area contributed by atoms with Gasteiger partial charge < -0.3 is 10.1 Å². The Morgan fingerprint density at radius 2 is 2.33 bits per heavy atom. The molecule has 0 aliphatic rings. The van der Waals surface area contributed by atoms with Crippen LogP contribution in [0.25, 0.3) is 0 Å². The molecule has 82 valence electrons. The molecule has 1 aromatic rings. The smallest absolute Gasteiger partial charge is 0.358 e. The van der Waals surface area contributed by atoms with Gasteiger partial charge in [0.15, 0.2) is 5.69 Å². The Morgan fingerprint density at radius 3 is 2.87 bits per heavy atom. The van der Waals surface area contributed by atoms with Crippen molar-refractivity contribution in [2.24, 2.45) is 0 Å². The summed E-state index contributed by atoms with van der Waals surface area (Å²) in [6.45, 7) is 0.827. The molecular formula is C9H13N3O2S. The molecule has 6 heteroatoms. The maximum absolute atomic E-state index is 11.0. The molecule has 0 aliphatic carbocycles. The summed E-state index contributed by atoms with van der Waals surface area (Å²) >= 11 is 1.75. The quantitative estimate of drug-likeness (QED) is 0.599. The minimum Gasteiger partial charge on any atom is -0.464 e. The number of carbonyl (C=O) groups is 1. The summed E-state index contributed by atoms with van der Waals surface area (Å²) in [7, 11) is 1.31. The second-order valence-corrected chi connectivity index (χ2v) is 3.68. The van der Waals surface area contributed by atoms with Gasteiger partial charge in [-0.2, -0.15) is 11.8 Å². The number of nitrogens with zero attached hydrogens (tertiary/aromatic N) is 2. The standard InChI is InChI=1S/C9H13N3O2S/c1-14-9(13)7-5-12-8(6-11-7)10-3-4-15-2/h5-6H,3-4H2,1-2H3,(H,10,12). The molecule has 0 saturated carbocycles. The number of ether oxygens (including phenoxy) is 1. The first-order valence-corrected chi connectivity index (χ1v) is 5.80. The van der Waals surface area contributed by atoms with Crippen LogP contribution in [0.15, 0.2) is 12.4 Å². The Bertz CT molecular complexity index is 316. The highest BCUT2D eigenvalue weighted by molar-refractivity contribution is 7.98. The zero-order chi connectivity index (χ0) is 11.1. The lowest BCUT2D eigenvalue weighted by Gasteiger charge is -2.03. The number of aromatic nitrogens is 2. The molecule has 0 saturated heterocycles. The fourth-order valence-corrected chi connectivity index (χ4v) is 1.22. The third-order valence-electron chi connectivity index (χ3n) is 1.66. The van der Waals surface area contributed by atoms with E-state index in [1.807, 2.05) is 6.26 Å². The fraction of sp³-hybridized carbons (Fsp3) is 0.444. The molecule has 0 fully saturated rings. The predicted molar refractivity (Wildman–Crippen MR) is 60.2 cm³/mol. The van der Waals surface area contributed by atoms with Crippen LogP contribution in [0, 0.1) is 0 Å². The van der Waals surface area contributed by atoms with Crippen LogP contribution >= 0.6 is 11.8 Å². The van der Waals surface area contributed by atoms with E-state index in [0.717, 1.165) is 12.3 Å². The Hall–Kier alpha value is -1.30. The zero-order valence-electron chi connectivity index (χ0n) is 8.69. The third-order valence-corrected chi connectivity index (χ3v) is 2.27. The lowest BCUT2D eigenvalue weighted by Crippen LogP contribution is -2.09. The number of rotatable bonds is 5. The molecule has 0 amide bonds. The summed E-state index contributed by atoms with van der Waals surface area (Å²) in [5.74, 6) is 1.19. The molecule has 0 aliphatic heterocycles. The van der Waals surface area contributed by atoms with E-state index in [-0.39, 0.29) is 5.69 Å². The molecule has 0 unspecified atom stereocenters. The predicted octanol–water partition coefficient (Wildman–Crippen LogP) is 1.04. The van der Waals surface area contributed by atoms with Crippen LogP contribution in [-0.2, 0) is 4.74 Å². The number of thioether (sulfide) groups is 1. The van der Waals surface area contributed by atoms with Crippen molar-refractivity contribution in [2.45, 2.75) is 0 Å². The van der Waals surface area contributed by atoms with Gasteiger partial charge in [0.2, 0.25) is 0 Å². The van der Waals surface area contributed by atoms with Crippen molar-refractivity contribution < 1.29 is 9.53 Å². The van der Waals surface area contributed by atoms with E-state index >= 15 is 0 Å². The van der Waals surface area contributed by atoms with Gasteiger partial charge in [-0.3, -0.25) is 0 Å². The lowest BCUT2D eigenvalue weighted by atomic mass is 10.4. The van der Waals surface area contributed by atoms with E-state index in [1.54, 1.807) is 11.8 Å². The van der Waals surface area contributed by atoms with Gasteiger partial charge in [0.05, 0.1) is 19.5 Å². The summed E-state index contributed by atoms with van der Waals surface area (Å²) in [5, 5.41) is 3.08. The van der Waals surface area contributed by atoms with Crippen molar-refractivity contribution in [3.05, 3.63) is 18.1 Å². The number of carbonyl (C=O) groups excluding carboxylic acids is 1. The van der Waals surface area contributed by atoms with Gasteiger partial charge in [-0.25, -0.2) is 14.8 Å². The summed E-state index contributed by atoms with van der Waals surface area (Å²) in [4.78, 5) is 19.0. The molecule has 0 bridgehead atoms. The average Bonchev–Trinajstić information content (AvgIpc) is 2.29. The SMILES string of the molecule is COC(=O)c1cnc(NCCSC)cn1. The van der Waals surface area contributed by atoms with Gasteiger partial charge in [-0.05, 0) is 6.26 Å². The van der Waals surface area contributed by atoms with Crippen LogP contribution in [0.4, 0.5) is 5.82 Å². The molecule has 1 heterocycles. The number of anilines is 1. The van der Waals surface area contributed by atoms with Gasteiger partial charge in [0.1, 0.15) is 5.82 Å². The van der Waals surface area contributed by atoms with Crippen LogP contribution in [0.5, 0.6) is 0 Å². The van der Waals surface area contributed by atoms with Gasteiger partial charge >= 0.3 is 5.97 Å². The van der Waals surface area contributed by atoms with Crippen molar-refractivity contribution >= 4 is 23.5 Å². The first kappa shape index (κ1) is 11.8. The van der Waals surface area contributed by atoms with Crippen LogP contribution in [0.3, 0.4) is 0 Å². The van der Waals surface area contributed by atoms with E-state index in [4.69, 9.17) is 0 Å². The summed E-state index contributed by atoms with van der Waals surface area (Å²) in [6.07, 6.45) is 4.95. The first-order valence-electron chi connectivity index (χ1n) is 4.41. The largest absolute Gasteiger partial charge is 0.464 e. The Balaban J connectivity index is 2.52. The van der Waals surface area contributed by atoms with Crippen molar-refractivity contribution in [3.8, 4) is 0 Å². The van der Waals surface area contributed by atoms with Gasteiger partial charge in [-0.15, -0.1) is 0 Å². The summed E-state index contributed by atoms with van der Waals surface area (Å²) in [6, 6.07) is 0. The minimum atomic E-state index is -0.474. The van der Waals surface area contributed by atoms with Crippen molar-refractivity contribution in [1.82, 2.24) is 9.97 Å². The van der Waals surface area contributed by atoms with Crippen LogP contribution in [-0.4, -0.2) is 41.6 Å². The normalized spacial score (nSPS) is 9.73. The van der Waals surface area contributed by atoms with Crippen LogP contribution in [0.2, 0.25) is 0 Å².